The van der Waals surface area contributed by atoms with Crippen LogP contribution >= 0.6 is 11.6 Å². The van der Waals surface area contributed by atoms with Gasteiger partial charge in [0.15, 0.2) is 11.5 Å². The maximum atomic E-state index is 5.54. The van der Waals surface area contributed by atoms with Crippen LogP contribution in [0.5, 0.6) is 0 Å². The molecule has 0 atom stereocenters. The molecule has 0 spiro atoms. The Bertz CT molecular complexity index is 533. The highest BCUT2D eigenvalue weighted by molar-refractivity contribution is 6.18. The normalized spacial score (nSPS) is 10.0. The number of hydrogen-bond acceptors (Lipinski definition) is 2. The van der Waals surface area contributed by atoms with Gasteiger partial charge in [-0.15, -0.1) is 11.6 Å². The average Bonchev–Trinajstić information content (AvgIpc) is 2.57. The van der Waals surface area contributed by atoms with Crippen molar-refractivity contribution in [3.8, 4) is 11.8 Å². The van der Waals surface area contributed by atoms with Crippen LogP contribution < -0.4 is 0 Å². The molecule has 2 aromatic rings. The zero-order valence-electron chi connectivity index (χ0n) is 8.38. The molecular formula is C12H10ClNO. The monoisotopic (exact) mass is 219 g/mol. The van der Waals surface area contributed by atoms with E-state index in [4.69, 9.17) is 16.0 Å². The fraction of sp³-hybridized carbons (Fsp3) is 0.250. The van der Waals surface area contributed by atoms with Gasteiger partial charge in [0.05, 0.1) is 0 Å². The maximum Gasteiger partial charge on any atom is 0.192 e. The number of rotatable bonds is 1. The lowest BCUT2D eigenvalue weighted by Gasteiger charge is -1.88. The van der Waals surface area contributed by atoms with Crippen LogP contribution in [0.2, 0.25) is 0 Å². The Hall–Kier alpha value is -1.46. The first kappa shape index (κ1) is 10.1. The number of halogens is 1. The highest BCUT2D eigenvalue weighted by atomic mass is 35.5. The molecule has 0 N–H and O–H groups in total. The molecule has 0 unspecified atom stereocenters. The molecule has 0 saturated heterocycles. The molecular weight excluding hydrogens is 210 g/mol. The summed E-state index contributed by atoms with van der Waals surface area (Å²) in [7, 11) is 0. The van der Waals surface area contributed by atoms with Crippen LogP contribution in [0.3, 0.4) is 0 Å². The lowest BCUT2D eigenvalue weighted by molar-refractivity contribution is 0.561. The smallest absolute Gasteiger partial charge is 0.192 e. The highest BCUT2D eigenvalue weighted by Gasteiger charge is 2.01. The average molecular weight is 220 g/mol. The first-order chi connectivity index (χ1) is 7.29. The van der Waals surface area contributed by atoms with E-state index in [0.29, 0.717) is 18.2 Å². The van der Waals surface area contributed by atoms with Gasteiger partial charge in [0.2, 0.25) is 0 Å². The molecule has 0 aliphatic heterocycles. The summed E-state index contributed by atoms with van der Waals surface area (Å²) in [4.78, 5) is 4.21. The number of benzene rings is 1. The van der Waals surface area contributed by atoms with Crippen molar-refractivity contribution in [1.82, 2.24) is 4.98 Å². The standard InChI is InChI=1S/C12H10ClNO/c1-9-14-11-6-5-10(4-2-3-7-13)8-12(11)15-9/h5-6,8H,3,7H2,1H3. The third-order valence-electron chi connectivity index (χ3n) is 1.95. The fourth-order valence-electron chi connectivity index (χ4n) is 1.33. The molecule has 76 valence electrons. The molecule has 0 radical (unpaired) electrons. The lowest BCUT2D eigenvalue weighted by Crippen LogP contribution is -1.75. The lowest BCUT2D eigenvalue weighted by atomic mass is 10.2. The van der Waals surface area contributed by atoms with Gasteiger partial charge in [-0.2, -0.15) is 0 Å². The molecule has 1 aromatic heterocycles. The van der Waals surface area contributed by atoms with Crippen molar-refractivity contribution in [3.05, 3.63) is 29.7 Å². The minimum absolute atomic E-state index is 0.566. The summed E-state index contributed by atoms with van der Waals surface area (Å²) in [5.41, 5.74) is 2.59. The summed E-state index contributed by atoms with van der Waals surface area (Å²) in [6.45, 7) is 1.83. The van der Waals surface area contributed by atoms with E-state index < -0.39 is 0 Å². The number of oxazole rings is 1. The fourth-order valence-corrected chi connectivity index (χ4v) is 1.42. The molecule has 3 heteroatoms. The van der Waals surface area contributed by atoms with Gasteiger partial charge in [0, 0.05) is 24.8 Å². The Morgan fingerprint density at radius 1 is 1.47 bits per heavy atom. The quantitative estimate of drug-likeness (QED) is 0.544. The summed E-state index contributed by atoms with van der Waals surface area (Å²) in [6.07, 6.45) is 0.703. The van der Waals surface area contributed by atoms with Gasteiger partial charge in [-0.05, 0) is 18.2 Å². The molecule has 0 aliphatic rings. The second-order valence-electron chi connectivity index (χ2n) is 3.16. The first-order valence-corrected chi connectivity index (χ1v) is 5.25. The van der Waals surface area contributed by atoms with Crippen molar-refractivity contribution in [2.24, 2.45) is 0 Å². The summed E-state index contributed by atoms with van der Waals surface area (Å²) in [5, 5.41) is 0. The molecule has 0 saturated carbocycles. The van der Waals surface area contributed by atoms with Crippen LogP contribution in [0.1, 0.15) is 17.9 Å². The van der Waals surface area contributed by atoms with Crippen molar-refractivity contribution in [1.29, 1.82) is 0 Å². The van der Waals surface area contributed by atoms with Crippen LogP contribution in [0.25, 0.3) is 11.1 Å². The van der Waals surface area contributed by atoms with Crippen molar-refractivity contribution in [2.75, 3.05) is 5.88 Å². The molecule has 0 aliphatic carbocycles. The van der Waals surface area contributed by atoms with Gasteiger partial charge in [0.25, 0.3) is 0 Å². The summed E-state index contributed by atoms with van der Waals surface area (Å²) < 4.78 is 5.41. The van der Waals surface area contributed by atoms with Crippen LogP contribution in [0.4, 0.5) is 0 Å². The summed E-state index contributed by atoms with van der Waals surface area (Å²) in [6, 6.07) is 5.75. The van der Waals surface area contributed by atoms with Crippen molar-refractivity contribution >= 4 is 22.7 Å². The van der Waals surface area contributed by atoms with E-state index in [1.165, 1.54) is 0 Å². The largest absolute Gasteiger partial charge is 0.441 e. The van der Waals surface area contributed by atoms with E-state index in [2.05, 4.69) is 16.8 Å². The Labute approximate surface area is 93.3 Å². The SMILES string of the molecule is Cc1nc2ccc(C#CCCCl)cc2o1. The number of nitrogens with zero attached hydrogens (tertiary/aromatic N) is 1. The Kier molecular flexibility index (Phi) is 2.94. The number of aromatic nitrogens is 1. The van der Waals surface area contributed by atoms with E-state index in [9.17, 15) is 0 Å². The Balaban J connectivity index is 2.35. The minimum atomic E-state index is 0.566. The predicted octanol–water partition coefficient (Wildman–Crippen LogP) is 3.12. The molecule has 0 amide bonds. The summed E-state index contributed by atoms with van der Waals surface area (Å²) >= 11 is 5.54. The number of aryl methyl sites for hydroxylation is 1. The van der Waals surface area contributed by atoms with Crippen molar-refractivity contribution in [3.63, 3.8) is 0 Å². The van der Waals surface area contributed by atoms with Crippen LogP contribution in [0, 0.1) is 18.8 Å². The van der Waals surface area contributed by atoms with Gasteiger partial charge in [0.1, 0.15) is 5.52 Å². The Morgan fingerprint density at radius 3 is 3.13 bits per heavy atom. The number of hydrogen-bond donors (Lipinski definition) is 0. The second-order valence-corrected chi connectivity index (χ2v) is 3.53. The van der Waals surface area contributed by atoms with Gasteiger partial charge in [-0.25, -0.2) is 4.98 Å². The van der Waals surface area contributed by atoms with E-state index in [1.807, 2.05) is 25.1 Å². The zero-order chi connectivity index (χ0) is 10.7. The number of fused-ring (bicyclic) bond motifs is 1. The van der Waals surface area contributed by atoms with Gasteiger partial charge < -0.3 is 4.42 Å². The van der Waals surface area contributed by atoms with E-state index in [-0.39, 0.29) is 0 Å². The Morgan fingerprint density at radius 2 is 2.33 bits per heavy atom. The third-order valence-corrected chi connectivity index (χ3v) is 2.14. The molecule has 1 heterocycles. The highest BCUT2D eigenvalue weighted by Crippen LogP contribution is 2.16. The van der Waals surface area contributed by atoms with Gasteiger partial charge in [-0.3, -0.25) is 0 Å². The first-order valence-electron chi connectivity index (χ1n) is 4.71. The maximum absolute atomic E-state index is 5.54. The minimum Gasteiger partial charge on any atom is -0.441 e. The zero-order valence-corrected chi connectivity index (χ0v) is 9.14. The van der Waals surface area contributed by atoms with E-state index in [0.717, 1.165) is 16.7 Å². The van der Waals surface area contributed by atoms with Crippen LogP contribution in [-0.4, -0.2) is 10.9 Å². The predicted molar refractivity (Wildman–Crippen MR) is 61.0 cm³/mol. The van der Waals surface area contributed by atoms with E-state index >= 15 is 0 Å². The topological polar surface area (TPSA) is 26.0 Å². The molecule has 0 bridgehead atoms. The molecule has 1 aromatic carbocycles. The number of alkyl halides is 1. The van der Waals surface area contributed by atoms with Gasteiger partial charge >= 0.3 is 0 Å². The van der Waals surface area contributed by atoms with Crippen molar-refractivity contribution in [2.45, 2.75) is 13.3 Å². The molecule has 0 fully saturated rings. The van der Waals surface area contributed by atoms with E-state index in [1.54, 1.807) is 0 Å². The third kappa shape index (κ3) is 2.31. The molecule has 2 rings (SSSR count). The second kappa shape index (κ2) is 4.37. The van der Waals surface area contributed by atoms with Gasteiger partial charge in [-0.1, -0.05) is 11.8 Å². The van der Waals surface area contributed by atoms with Crippen molar-refractivity contribution < 1.29 is 4.42 Å². The van der Waals surface area contributed by atoms with Crippen LogP contribution in [-0.2, 0) is 0 Å². The summed E-state index contributed by atoms with van der Waals surface area (Å²) in [5.74, 6) is 7.25. The molecule has 15 heavy (non-hydrogen) atoms. The van der Waals surface area contributed by atoms with Crippen LogP contribution in [0.15, 0.2) is 22.6 Å². The molecule has 2 nitrogen and oxygen atoms in total.